The van der Waals surface area contributed by atoms with Crippen LogP contribution in [-0.2, 0) is 19.4 Å². The molecule has 1 fully saturated rings. The maximum absolute atomic E-state index is 11.4. The molecule has 6 heteroatoms. The maximum Gasteiger partial charge on any atom is 0.323 e. The average molecular weight is 283 g/mol. The number of carbonyl (C=O) groups is 1. The zero-order valence-corrected chi connectivity index (χ0v) is 11.7. The van der Waals surface area contributed by atoms with Gasteiger partial charge >= 0.3 is 5.97 Å². The van der Waals surface area contributed by atoms with Gasteiger partial charge in [-0.15, -0.1) is 0 Å². The summed E-state index contributed by atoms with van der Waals surface area (Å²) in [5.41, 5.74) is 0.937. The lowest BCUT2D eigenvalue weighted by molar-refractivity contribution is -0.139. The molecule has 0 saturated carbocycles. The van der Waals surface area contributed by atoms with Crippen LogP contribution in [0.1, 0.15) is 24.9 Å². The predicted molar refractivity (Wildman–Crippen MR) is 70.5 cm³/mol. The van der Waals surface area contributed by atoms with Crippen molar-refractivity contribution in [2.24, 2.45) is 0 Å². The summed E-state index contributed by atoms with van der Waals surface area (Å²) < 4.78 is 27.6. The van der Waals surface area contributed by atoms with Crippen LogP contribution in [0, 0.1) is 0 Å². The van der Waals surface area contributed by atoms with Gasteiger partial charge in [-0.2, -0.15) is 0 Å². The van der Waals surface area contributed by atoms with Crippen LogP contribution < -0.4 is 5.32 Å². The third-order valence-electron chi connectivity index (χ3n) is 3.19. The summed E-state index contributed by atoms with van der Waals surface area (Å²) >= 11 is 0. The summed E-state index contributed by atoms with van der Waals surface area (Å²) in [5, 5.41) is 3.18. The number of carbonyl (C=O) groups excluding carboxylic acids is 1. The Morgan fingerprint density at radius 3 is 2.42 bits per heavy atom. The van der Waals surface area contributed by atoms with Crippen molar-refractivity contribution in [2.75, 3.05) is 12.9 Å². The zero-order chi connectivity index (χ0) is 14.0. The highest BCUT2D eigenvalue weighted by Crippen LogP contribution is 2.18. The number of sulfone groups is 1. The highest BCUT2D eigenvalue weighted by atomic mass is 32.2. The van der Waals surface area contributed by atoms with Gasteiger partial charge in [0.1, 0.15) is 6.04 Å². The van der Waals surface area contributed by atoms with Gasteiger partial charge in [0, 0.05) is 18.7 Å². The Bertz CT molecular complexity index is 565. The molecule has 1 aliphatic rings. The summed E-state index contributed by atoms with van der Waals surface area (Å²) in [6, 6.07) is 6.36. The fourth-order valence-corrected chi connectivity index (χ4v) is 2.68. The quantitative estimate of drug-likeness (QED) is 0.836. The van der Waals surface area contributed by atoms with E-state index in [-0.39, 0.29) is 18.1 Å². The van der Waals surface area contributed by atoms with Gasteiger partial charge in [-0.3, -0.25) is 10.1 Å². The zero-order valence-electron chi connectivity index (χ0n) is 10.9. The van der Waals surface area contributed by atoms with Crippen molar-refractivity contribution in [3.8, 4) is 0 Å². The molecular weight excluding hydrogens is 266 g/mol. The minimum absolute atomic E-state index is 0.0377. The summed E-state index contributed by atoms with van der Waals surface area (Å²) in [4.78, 5) is 11.7. The number of nitrogens with one attached hydrogen (secondary N) is 1. The predicted octanol–water partition coefficient (Wildman–Crippen LogP) is 1.06. The van der Waals surface area contributed by atoms with Gasteiger partial charge in [0.25, 0.3) is 0 Å². The lowest BCUT2D eigenvalue weighted by atomic mass is 10.1. The second kappa shape index (κ2) is 5.30. The Labute approximate surface area is 112 Å². The third kappa shape index (κ3) is 3.33. The van der Waals surface area contributed by atoms with Gasteiger partial charge in [0.15, 0.2) is 9.84 Å². The van der Waals surface area contributed by atoms with E-state index in [1.54, 1.807) is 24.3 Å². The lowest BCUT2D eigenvalue weighted by Crippen LogP contribution is -2.35. The Morgan fingerprint density at radius 1 is 1.32 bits per heavy atom. The summed E-state index contributed by atoms with van der Waals surface area (Å²) in [6.07, 6.45) is 1.85. The van der Waals surface area contributed by atoms with Crippen LogP contribution in [0.4, 0.5) is 0 Å². The van der Waals surface area contributed by atoms with E-state index in [1.165, 1.54) is 6.26 Å². The topological polar surface area (TPSA) is 72.5 Å². The van der Waals surface area contributed by atoms with Crippen LogP contribution in [0.25, 0.3) is 0 Å². The van der Waals surface area contributed by atoms with Crippen molar-refractivity contribution >= 4 is 15.8 Å². The Kier molecular flexibility index (Phi) is 3.91. The second-order valence-electron chi connectivity index (χ2n) is 4.74. The molecule has 19 heavy (non-hydrogen) atoms. The fourth-order valence-electron chi connectivity index (χ4n) is 2.05. The highest BCUT2D eigenvalue weighted by molar-refractivity contribution is 7.90. The minimum atomic E-state index is -3.17. The van der Waals surface area contributed by atoms with Crippen LogP contribution in [-0.4, -0.2) is 33.3 Å². The van der Waals surface area contributed by atoms with Crippen molar-refractivity contribution in [3.05, 3.63) is 29.8 Å². The first-order chi connectivity index (χ1) is 8.88. The molecule has 1 N–H and O–H groups in total. The maximum atomic E-state index is 11.4. The molecule has 0 bridgehead atoms. The SMILES string of the molecule is CC(NC1CCOC1=O)c1ccc(S(C)(=O)=O)cc1. The van der Waals surface area contributed by atoms with Gasteiger partial charge in [0.2, 0.25) is 0 Å². The standard InChI is InChI=1S/C13H17NO4S/c1-9(14-12-7-8-18-13(12)15)10-3-5-11(6-4-10)19(2,16)17/h3-6,9,12,14H,7-8H2,1-2H3. The Hall–Kier alpha value is -1.40. The van der Waals surface area contributed by atoms with Gasteiger partial charge in [-0.25, -0.2) is 8.42 Å². The van der Waals surface area contributed by atoms with Crippen LogP contribution in [0.2, 0.25) is 0 Å². The second-order valence-corrected chi connectivity index (χ2v) is 6.75. The van der Waals surface area contributed by atoms with Crippen LogP contribution in [0.15, 0.2) is 29.2 Å². The van der Waals surface area contributed by atoms with Gasteiger partial charge < -0.3 is 4.74 Å². The molecule has 104 valence electrons. The van der Waals surface area contributed by atoms with Crippen molar-refractivity contribution in [1.82, 2.24) is 5.32 Å². The van der Waals surface area contributed by atoms with Crippen molar-refractivity contribution in [3.63, 3.8) is 0 Å². The molecule has 1 aromatic carbocycles. The van der Waals surface area contributed by atoms with E-state index >= 15 is 0 Å². The smallest absolute Gasteiger partial charge is 0.323 e. The molecule has 1 aliphatic heterocycles. The Morgan fingerprint density at radius 2 is 1.95 bits per heavy atom. The number of benzene rings is 1. The Balaban J connectivity index is 2.07. The molecule has 5 nitrogen and oxygen atoms in total. The van der Waals surface area contributed by atoms with Crippen LogP contribution in [0.3, 0.4) is 0 Å². The summed E-state index contributed by atoms with van der Waals surface area (Å²) in [7, 11) is -3.17. The first-order valence-electron chi connectivity index (χ1n) is 6.10. The number of cyclic esters (lactones) is 1. The normalized spacial score (nSPS) is 21.2. The fraction of sp³-hybridized carbons (Fsp3) is 0.462. The lowest BCUT2D eigenvalue weighted by Gasteiger charge is -2.17. The molecule has 2 unspecified atom stereocenters. The molecule has 1 aromatic rings. The summed E-state index contributed by atoms with van der Waals surface area (Å²) in [6.45, 7) is 2.39. The largest absolute Gasteiger partial charge is 0.464 e. The van der Waals surface area contributed by atoms with E-state index in [0.29, 0.717) is 17.9 Å². The van der Waals surface area contributed by atoms with E-state index in [9.17, 15) is 13.2 Å². The molecule has 2 atom stereocenters. The van der Waals surface area contributed by atoms with Gasteiger partial charge in [-0.05, 0) is 24.6 Å². The van der Waals surface area contributed by atoms with E-state index in [0.717, 1.165) is 5.56 Å². The van der Waals surface area contributed by atoms with E-state index in [2.05, 4.69) is 5.32 Å². The van der Waals surface area contributed by atoms with E-state index in [4.69, 9.17) is 4.74 Å². The van der Waals surface area contributed by atoms with E-state index in [1.807, 2.05) is 6.92 Å². The van der Waals surface area contributed by atoms with Crippen LogP contribution in [0.5, 0.6) is 0 Å². The number of ether oxygens (including phenoxy) is 1. The molecule has 0 aliphatic carbocycles. The summed E-state index contributed by atoms with van der Waals surface area (Å²) in [5.74, 6) is -0.223. The average Bonchev–Trinajstić information content (AvgIpc) is 2.74. The van der Waals surface area contributed by atoms with Gasteiger partial charge in [0.05, 0.1) is 11.5 Å². The first-order valence-corrected chi connectivity index (χ1v) is 8.00. The molecule has 1 saturated heterocycles. The third-order valence-corrected chi connectivity index (χ3v) is 4.32. The number of hydrogen-bond acceptors (Lipinski definition) is 5. The van der Waals surface area contributed by atoms with E-state index < -0.39 is 9.84 Å². The molecule has 0 aromatic heterocycles. The monoisotopic (exact) mass is 283 g/mol. The minimum Gasteiger partial charge on any atom is -0.464 e. The first kappa shape index (κ1) is 14.0. The van der Waals surface area contributed by atoms with Crippen molar-refractivity contribution < 1.29 is 17.9 Å². The molecule has 0 amide bonds. The molecule has 1 heterocycles. The van der Waals surface area contributed by atoms with Crippen molar-refractivity contribution in [1.29, 1.82) is 0 Å². The number of esters is 1. The molecule has 0 radical (unpaired) electrons. The molecular formula is C13H17NO4S. The van der Waals surface area contributed by atoms with Gasteiger partial charge in [-0.1, -0.05) is 12.1 Å². The highest BCUT2D eigenvalue weighted by Gasteiger charge is 2.27. The molecule has 0 spiro atoms. The number of rotatable bonds is 4. The number of hydrogen-bond donors (Lipinski definition) is 1. The molecule has 2 rings (SSSR count). The van der Waals surface area contributed by atoms with Crippen LogP contribution >= 0.6 is 0 Å². The van der Waals surface area contributed by atoms with Crippen molar-refractivity contribution in [2.45, 2.75) is 30.3 Å².